The van der Waals surface area contributed by atoms with Crippen LogP contribution in [0.2, 0.25) is 0 Å². The molecule has 9 heteroatoms. The average molecular weight is 473 g/mol. The van der Waals surface area contributed by atoms with E-state index in [1.54, 1.807) is 30.1 Å². The van der Waals surface area contributed by atoms with Crippen molar-refractivity contribution in [2.45, 2.75) is 44.1 Å². The van der Waals surface area contributed by atoms with Gasteiger partial charge in [-0.15, -0.1) is 0 Å². The van der Waals surface area contributed by atoms with Crippen LogP contribution in [0.1, 0.15) is 54.1 Å². The zero-order chi connectivity index (χ0) is 22.8. The number of hydrogen-bond acceptors (Lipinski definition) is 6. The van der Waals surface area contributed by atoms with Gasteiger partial charge in [0.2, 0.25) is 10.0 Å². The highest BCUT2D eigenvalue weighted by molar-refractivity contribution is 7.97. The summed E-state index contributed by atoms with van der Waals surface area (Å²) >= 11 is 1.77. The number of unbranched alkanes of at least 4 members (excludes halogenated alkanes) is 3. The summed E-state index contributed by atoms with van der Waals surface area (Å²) in [5.74, 6) is 1.06. The number of aromatic nitrogens is 3. The van der Waals surface area contributed by atoms with E-state index < -0.39 is 15.9 Å². The second-order valence-electron chi connectivity index (χ2n) is 7.55. The maximum absolute atomic E-state index is 12.3. The maximum Gasteiger partial charge on any atom is 0.264 e. The molecule has 0 bridgehead atoms. The number of thioether (sulfide) groups is 1. The van der Waals surface area contributed by atoms with Crippen molar-refractivity contribution in [2.24, 2.45) is 0 Å². The van der Waals surface area contributed by atoms with E-state index in [9.17, 15) is 13.2 Å². The monoisotopic (exact) mass is 472 g/mol. The lowest BCUT2D eigenvalue weighted by Gasteiger charge is -2.08. The number of carbonyl (C=O) groups excluding carboxylic acids is 1. The van der Waals surface area contributed by atoms with Crippen LogP contribution in [0.5, 0.6) is 0 Å². The van der Waals surface area contributed by atoms with E-state index >= 15 is 0 Å². The minimum atomic E-state index is -3.59. The van der Waals surface area contributed by atoms with Gasteiger partial charge in [0.05, 0.1) is 11.9 Å². The SMILES string of the molecule is CCCCCCS(=O)(=O)NC(=O)c1ccc(CSCc2ccc(-c3cn[nH]n3)cc2)cc1. The number of amides is 1. The molecular weight excluding hydrogens is 444 g/mol. The molecule has 0 unspecified atom stereocenters. The largest absolute Gasteiger partial charge is 0.268 e. The van der Waals surface area contributed by atoms with E-state index in [0.717, 1.165) is 47.6 Å². The third-order valence-corrected chi connectivity index (χ3v) is 7.33. The predicted molar refractivity (Wildman–Crippen MR) is 129 cm³/mol. The van der Waals surface area contributed by atoms with Crippen LogP contribution in [-0.2, 0) is 21.5 Å². The Morgan fingerprint density at radius 3 is 2.22 bits per heavy atom. The van der Waals surface area contributed by atoms with Gasteiger partial charge in [0.25, 0.3) is 5.91 Å². The summed E-state index contributed by atoms with van der Waals surface area (Å²) in [5.41, 5.74) is 4.47. The van der Waals surface area contributed by atoms with Crippen LogP contribution < -0.4 is 4.72 Å². The van der Waals surface area contributed by atoms with Gasteiger partial charge in [-0.1, -0.05) is 62.6 Å². The van der Waals surface area contributed by atoms with E-state index in [0.29, 0.717) is 12.0 Å². The molecular formula is C23H28N4O3S2. The van der Waals surface area contributed by atoms with Crippen molar-refractivity contribution in [3.63, 3.8) is 0 Å². The topological polar surface area (TPSA) is 105 Å². The highest BCUT2D eigenvalue weighted by Gasteiger charge is 2.15. The fourth-order valence-corrected chi connectivity index (χ4v) is 5.17. The third-order valence-electron chi connectivity index (χ3n) is 4.93. The van der Waals surface area contributed by atoms with Crippen molar-refractivity contribution in [1.82, 2.24) is 20.1 Å². The molecule has 1 heterocycles. The fourth-order valence-electron chi connectivity index (χ4n) is 3.12. The quantitative estimate of drug-likeness (QED) is 0.375. The first-order valence-corrected chi connectivity index (χ1v) is 13.4. The summed E-state index contributed by atoms with van der Waals surface area (Å²) in [4.78, 5) is 12.3. The number of rotatable bonds is 12. The zero-order valence-corrected chi connectivity index (χ0v) is 19.7. The number of nitrogens with one attached hydrogen (secondary N) is 2. The van der Waals surface area contributed by atoms with Gasteiger partial charge in [-0.05, 0) is 29.7 Å². The average Bonchev–Trinajstić information content (AvgIpc) is 3.32. The molecule has 32 heavy (non-hydrogen) atoms. The molecule has 0 spiro atoms. The first-order valence-electron chi connectivity index (χ1n) is 10.6. The molecule has 0 saturated heterocycles. The van der Waals surface area contributed by atoms with Crippen LogP contribution in [0.4, 0.5) is 0 Å². The van der Waals surface area contributed by atoms with E-state index in [1.807, 2.05) is 24.3 Å². The van der Waals surface area contributed by atoms with Crippen molar-refractivity contribution in [2.75, 3.05) is 5.75 Å². The Bertz CT molecular complexity index is 1080. The molecule has 1 aromatic heterocycles. The molecule has 3 rings (SSSR count). The fraction of sp³-hybridized carbons (Fsp3) is 0.348. The van der Waals surface area contributed by atoms with Crippen molar-refractivity contribution < 1.29 is 13.2 Å². The number of sulfonamides is 1. The Balaban J connectivity index is 1.44. The van der Waals surface area contributed by atoms with Crippen LogP contribution in [0.3, 0.4) is 0 Å². The van der Waals surface area contributed by atoms with Crippen LogP contribution in [0.25, 0.3) is 11.3 Å². The first-order chi connectivity index (χ1) is 15.5. The lowest BCUT2D eigenvalue weighted by molar-refractivity contribution is 0.0981. The molecule has 0 aliphatic heterocycles. The summed E-state index contributed by atoms with van der Waals surface area (Å²) in [7, 11) is -3.59. The smallest absolute Gasteiger partial charge is 0.264 e. The molecule has 7 nitrogen and oxygen atoms in total. The van der Waals surface area contributed by atoms with Gasteiger partial charge in [-0.3, -0.25) is 4.79 Å². The molecule has 0 aliphatic rings. The molecule has 3 aromatic rings. The second kappa shape index (κ2) is 11.8. The number of benzene rings is 2. The normalized spacial score (nSPS) is 11.4. The number of H-pyrrole nitrogens is 1. The van der Waals surface area contributed by atoms with Crippen LogP contribution in [0, 0.1) is 0 Å². The molecule has 0 atom stereocenters. The lowest BCUT2D eigenvalue weighted by atomic mass is 10.1. The predicted octanol–water partition coefficient (Wildman–Crippen LogP) is 4.55. The van der Waals surface area contributed by atoms with Gasteiger partial charge < -0.3 is 0 Å². The van der Waals surface area contributed by atoms with Crippen molar-refractivity contribution >= 4 is 27.7 Å². The lowest BCUT2D eigenvalue weighted by Crippen LogP contribution is -2.32. The third kappa shape index (κ3) is 7.49. The molecule has 0 fully saturated rings. The number of nitrogens with zero attached hydrogens (tertiary/aromatic N) is 2. The molecule has 0 saturated carbocycles. The number of carbonyl (C=O) groups is 1. The number of aromatic amines is 1. The van der Waals surface area contributed by atoms with E-state index in [1.165, 1.54) is 5.56 Å². The van der Waals surface area contributed by atoms with Gasteiger partial charge in [0.15, 0.2) is 0 Å². The van der Waals surface area contributed by atoms with Crippen LogP contribution in [0.15, 0.2) is 54.7 Å². The highest BCUT2D eigenvalue weighted by atomic mass is 32.2. The Hall–Kier alpha value is -2.65. The van der Waals surface area contributed by atoms with Gasteiger partial charge in [-0.2, -0.15) is 27.2 Å². The van der Waals surface area contributed by atoms with Crippen molar-refractivity contribution in [3.05, 3.63) is 71.4 Å². The van der Waals surface area contributed by atoms with Gasteiger partial charge >= 0.3 is 0 Å². The summed E-state index contributed by atoms with van der Waals surface area (Å²) < 4.78 is 26.3. The Morgan fingerprint density at radius 2 is 1.62 bits per heavy atom. The van der Waals surface area contributed by atoms with Gasteiger partial charge in [-0.25, -0.2) is 13.1 Å². The second-order valence-corrected chi connectivity index (χ2v) is 10.4. The zero-order valence-electron chi connectivity index (χ0n) is 18.1. The molecule has 1 amide bonds. The number of hydrogen-bond donors (Lipinski definition) is 2. The van der Waals surface area contributed by atoms with Gasteiger partial charge in [0.1, 0.15) is 5.69 Å². The molecule has 2 aromatic carbocycles. The van der Waals surface area contributed by atoms with Crippen LogP contribution >= 0.6 is 11.8 Å². The van der Waals surface area contributed by atoms with Crippen molar-refractivity contribution in [3.8, 4) is 11.3 Å². The van der Waals surface area contributed by atoms with Crippen molar-refractivity contribution in [1.29, 1.82) is 0 Å². The Morgan fingerprint density at radius 1 is 0.969 bits per heavy atom. The highest BCUT2D eigenvalue weighted by Crippen LogP contribution is 2.21. The summed E-state index contributed by atoms with van der Waals surface area (Å²) in [6, 6.07) is 15.3. The molecule has 0 radical (unpaired) electrons. The minimum Gasteiger partial charge on any atom is -0.268 e. The van der Waals surface area contributed by atoms with E-state index in [2.05, 4.69) is 39.2 Å². The molecule has 2 N–H and O–H groups in total. The summed E-state index contributed by atoms with van der Waals surface area (Å²) in [6.45, 7) is 2.07. The standard InChI is InChI=1S/C23H28N4O3S2/c1-2-3-4-5-14-32(29,30)26-23(28)21-12-8-19(9-13-21)17-31-16-18-6-10-20(11-7-18)22-15-24-27-25-22/h6-13,15H,2-5,14,16-17H2,1H3,(H,26,28)(H,24,25,27). The molecule has 170 valence electrons. The van der Waals surface area contributed by atoms with E-state index in [-0.39, 0.29) is 5.75 Å². The molecule has 0 aliphatic carbocycles. The Labute approximate surface area is 193 Å². The van der Waals surface area contributed by atoms with Crippen LogP contribution in [-0.4, -0.2) is 35.5 Å². The van der Waals surface area contributed by atoms with E-state index in [4.69, 9.17) is 0 Å². The summed E-state index contributed by atoms with van der Waals surface area (Å²) in [6.07, 6.45) is 5.14. The minimum absolute atomic E-state index is 0.0208. The maximum atomic E-state index is 12.3. The Kier molecular flexibility index (Phi) is 8.87. The van der Waals surface area contributed by atoms with Gasteiger partial charge in [0, 0.05) is 22.6 Å². The summed E-state index contributed by atoms with van der Waals surface area (Å²) in [5, 5.41) is 10.5. The first kappa shape index (κ1) is 24.0.